The summed E-state index contributed by atoms with van der Waals surface area (Å²) >= 11 is 0. The van der Waals surface area contributed by atoms with Crippen LogP contribution >= 0.6 is 0 Å². The largest absolute Gasteiger partial charge is 0.297 e. The molecular formula is C26H26N4. The van der Waals surface area contributed by atoms with E-state index in [1.807, 2.05) is 42.6 Å². The number of aromatic nitrogens is 2. The molecule has 0 saturated heterocycles. The summed E-state index contributed by atoms with van der Waals surface area (Å²) in [6, 6.07) is 18.7. The molecule has 1 aliphatic rings. The summed E-state index contributed by atoms with van der Waals surface area (Å²) in [6.45, 7) is 13.9. The zero-order chi connectivity index (χ0) is 20.9. The van der Waals surface area contributed by atoms with Gasteiger partial charge in [-0.15, -0.1) is 19.7 Å². The highest BCUT2D eigenvalue weighted by Crippen LogP contribution is 2.31. The van der Waals surface area contributed by atoms with Gasteiger partial charge in [-0.25, -0.2) is 4.98 Å². The van der Waals surface area contributed by atoms with Gasteiger partial charge in [0.2, 0.25) is 0 Å². The second-order valence-corrected chi connectivity index (χ2v) is 7.19. The van der Waals surface area contributed by atoms with Crippen LogP contribution < -0.4 is 0 Å². The van der Waals surface area contributed by atoms with Crippen LogP contribution in [-0.4, -0.2) is 33.3 Å². The van der Waals surface area contributed by atoms with Crippen LogP contribution in [0.5, 0.6) is 0 Å². The van der Waals surface area contributed by atoms with Crippen LogP contribution in [0, 0.1) is 0 Å². The van der Waals surface area contributed by atoms with Crippen molar-refractivity contribution in [3.05, 3.63) is 121 Å². The first-order valence-electron chi connectivity index (χ1n) is 10.1. The maximum absolute atomic E-state index is 4.95. The molecule has 0 saturated carbocycles. The molecule has 1 aromatic heterocycles. The Hall–Kier alpha value is -3.50. The van der Waals surface area contributed by atoms with Gasteiger partial charge < -0.3 is 0 Å². The molecule has 0 spiro atoms. The average molecular weight is 395 g/mol. The van der Waals surface area contributed by atoms with E-state index in [2.05, 4.69) is 65.6 Å². The van der Waals surface area contributed by atoms with Crippen LogP contribution in [0.1, 0.15) is 28.7 Å². The van der Waals surface area contributed by atoms with Crippen molar-refractivity contribution in [2.45, 2.75) is 12.6 Å². The first-order chi connectivity index (χ1) is 14.8. The Morgan fingerprint density at radius 3 is 2.37 bits per heavy atom. The van der Waals surface area contributed by atoms with Gasteiger partial charge >= 0.3 is 0 Å². The van der Waals surface area contributed by atoms with Gasteiger partial charge in [-0.1, -0.05) is 66.8 Å². The second-order valence-electron chi connectivity index (χ2n) is 7.19. The molecule has 0 bridgehead atoms. The molecule has 1 unspecified atom stereocenters. The van der Waals surface area contributed by atoms with Gasteiger partial charge in [0.05, 0.1) is 35.9 Å². The fourth-order valence-electron chi connectivity index (χ4n) is 4.04. The molecule has 4 heteroatoms. The Morgan fingerprint density at radius 2 is 1.67 bits per heavy atom. The van der Waals surface area contributed by atoms with Crippen molar-refractivity contribution in [1.82, 2.24) is 14.5 Å². The van der Waals surface area contributed by atoms with Crippen LogP contribution in [0.2, 0.25) is 0 Å². The lowest BCUT2D eigenvalue weighted by molar-refractivity contribution is 0.279. The first-order valence-corrected chi connectivity index (χ1v) is 10.1. The fraction of sp³-hybridized carbons (Fsp3) is 0.154. The van der Waals surface area contributed by atoms with Gasteiger partial charge in [0, 0.05) is 24.2 Å². The normalized spacial score (nSPS) is 13.6. The molecule has 3 aromatic rings. The van der Waals surface area contributed by atoms with Crippen molar-refractivity contribution in [2.75, 3.05) is 13.1 Å². The molecule has 4 nitrogen and oxygen atoms in total. The lowest BCUT2D eigenvalue weighted by Crippen LogP contribution is -2.29. The van der Waals surface area contributed by atoms with E-state index in [0.717, 1.165) is 47.1 Å². The highest BCUT2D eigenvalue weighted by molar-refractivity contribution is 6.15. The third kappa shape index (κ3) is 3.58. The minimum absolute atomic E-state index is 0.0198. The quantitative estimate of drug-likeness (QED) is 0.497. The molecule has 4 rings (SSSR count). The molecule has 150 valence electrons. The minimum atomic E-state index is -0.0198. The number of hydrogen-bond donors (Lipinski definition) is 0. The molecule has 0 aliphatic carbocycles. The Labute approximate surface area is 178 Å². The molecule has 0 amide bonds. The summed E-state index contributed by atoms with van der Waals surface area (Å²) in [5.74, 6) is 0.924. The maximum Gasteiger partial charge on any atom is 0.135 e. The minimum Gasteiger partial charge on any atom is -0.297 e. The van der Waals surface area contributed by atoms with Gasteiger partial charge in [0.25, 0.3) is 0 Å². The van der Waals surface area contributed by atoms with Crippen LogP contribution in [-0.2, 0) is 6.54 Å². The summed E-state index contributed by atoms with van der Waals surface area (Å²) in [6.07, 6.45) is 7.72. The molecule has 1 atom stereocenters. The molecule has 2 heterocycles. The molecule has 0 fully saturated rings. The van der Waals surface area contributed by atoms with Gasteiger partial charge in [0.1, 0.15) is 5.82 Å². The number of rotatable bonds is 8. The smallest absolute Gasteiger partial charge is 0.135 e. The van der Waals surface area contributed by atoms with Crippen LogP contribution in [0.3, 0.4) is 0 Å². The Kier molecular flexibility index (Phi) is 5.87. The number of hydrogen-bond acceptors (Lipinski definition) is 3. The monoisotopic (exact) mass is 394 g/mol. The molecule has 2 aromatic carbocycles. The van der Waals surface area contributed by atoms with Crippen molar-refractivity contribution in [3.63, 3.8) is 0 Å². The predicted octanol–water partition coefficient (Wildman–Crippen LogP) is 5.12. The lowest BCUT2D eigenvalue weighted by atomic mass is 10.0. The number of aliphatic imine (C=N–C) groups is 1. The van der Waals surface area contributed by atoms with Crippen LogP contribution in [0.4, 0.5) is 0 Å². The number of nitrogens with zero attached hydrogens (tertiary/aromatic N) is 4. The van der Waals surface area contributed by atoms with E-state index in [1.54, 1.807) is 0 Å². The summed E-state index contributed by atoms with van der Waals surface area (Å²) in [4.78, 5) is 12.0. The number of fused-ring (bicyclic) bond motifs is 3. The summed E-state index contributed by atoms with van der Waals surface area (Å²) in [7, 11) is 0. The van der Waals surface area contributed by atoms with E-state index < -0.39 is 0 Å². The fourth-order valence-corrected chi connectivity index (χ4v) is 4.04. The molecule has 0 radical (unpaired) electrons. The number of para-hydroxylation sites is 1. The number of imidazole rings is 1. The third-order valence-corrected chi connectivity index (χ3v) is 5.33. The van der Waals surface area contributed by atoms with E-state index in [-0.39, 0.29) is 6.04 Å². The molecular weight excluding hydrogens is 368 g/mol. The van der Waals surface area contributed by atoms with Crippen LogP contribution in [0.15, 0.2) is 104 Å². The zero-order valence-electron chi connectivity index (χ0n) is 17.1. The average Bonchev–Trinajstić information content (AvgIpc) is 3.11. The summed E-state index contributed by atoms with van der Waals surface area (Å²) < 4.78 is 2.24. The summed E-state index contributed by atoms with van der Waals surface area (Å²) in [5, 5.41) is 0. The Bertz CT molecular complexity index is 1080. The van der Waals surface area contributed by atoms with Crippen molar-refractivity contribution in [1.29, 1.82) is 0 Å². The number of benzene rings is 2. The lowest BCUT2D eigenvalue weighted by Gasteiger charge is -2.28. The van der Waals surface area contributed by atoms with Gasteiger partial charge in [-0.3, -0.25) is 14.5 Å². The highest BCUT2D eigenvalue weighted by atomic mass is 15.2. The SMILES string of the molecule is C=CCN(CC=C)C(C=C)c1cnc2n1-c1ccccc1C(c1ccccc1)=NC2. The van der Waals surface area contributed by atoms with Crippen LogP contribution in [0.25, 0.3) is 5.69 Å². The molecule has 30 heavy (non-hydrogen) atoms. The van der Waals surface area contributed by atoms with E-state index in [1.165, 1.54) is 0 Å². The second kappa shape index (κ2) is 8.89. The van der Waals surface area contributed by atoms with E-state index in [9.17, 15) is 0 Å². The van der Waals surface area contributed by atoms with Crippen molar-refractivity contribution < 1.29 is 0 Å². The molecule has 0 N–H and O–H groups in total. The molecule has 1 aliphatic heterocycles. The predicted molar refractivity (Wildman–Crippen MR) is 124 cm³/mol. The third-order valence-electron chi connectivity index (χ3n) is 5.33. The van der Waals surface area contributed by atoms with Crippen molar-refractivity contribution >= 4 is 5.71 Å². The Morgan fingerprint density at radius 1 is 0.967 bits per heavy atom. The van der Waals surface area contributed by atoms with E-state index in [4.69, 9.17) is 9.98 Å². The summed E-state index contributed by atoms with van der Waals surface area (Å²) in [5.41, 5.74) is 5.36. The highest BCUT2D eigenvalue weighted by Gasteiger charge is 2.26. The van der Waals surface area contributed by atoms with Crippen molar-refractivity contribution in [2.24, 2.45) is 4.99 Å². The van der Waals surface area contributed by atoms with Gasteiger partial charge in [-0.2, -0.15) is 0 Å². The Balaban J connectivity index is 1.87. The topological polar surface area (TPSA) is 33.4 Å². The zero-order valence-corrected chi connectivity index (χ0v) is 17.1. The van der Waals surface area contributed by atoms with Gasteiger partial charge in [-0.05, 0) is 6.07 Å². The first kappa shape index (κ1) is 19.8. The van der Waals surface area contributed by atoms with E-state index in [0.29, 0.717) is 6.54 Å². The van der Waals surface area contributed by atoms with Crippen molar-refractivity contribution in [3.8, 4) is 5.69 Å². The standard InChI is InChI=1S/C26H26N4/c1-4-16-29(17-5-2)22(6-3)24-18-27-25-19-28-26(20-12-8-7-9-13-20)21-14-10-11-15-23(21)30(24)25/h4-15,18,22H,1-3,16-17,19H2. The maximum atomic E-state index is 4.95. The van der Waals surface area contributed by atoms with E-state index >= 15 is 0 Å². The van der Waals surface area contributed by atoms with Gasteiger partial charge in [0.15, 0.2) is 0 Å².